The number of ether oxygens (including phenoxy) is 1. The van der Waals surface area contributed by atoms with Gasteiger partial charge in [-0.15, -0.1) is 0 Å². The number of aromatic amines is 2. The molecule has 5 aromatic heterocycles. The summed E-state index contributed by atoms with van der Waals surface area (Å²) >= 11 is 0. The van der Waals surface area contributed by atoms with Crippen LogP contribution in [-0.2, 0) is 0 Å². The maximum atomic E-state index is 14.7. The lowest BCUT2D eigenvalue weighted by atomic mass is 10.0. The minimum absolute atomic E-state index is 0.351. The van der Waals surface area contributed by atoms with Crippen LogP contribution in [0.3, 0.4) is 0 Å². The second-order valence-corrected chi connectivity index (χ2v) is 9.66. The van der Waals surface area contributed by atoms with Crippen LogP contribution in [0, 0.1) is 5.82 Å². The maximum absolute atomic E-state index is 14.7. The lowest BCUT2D eigenvalue weighted by Gasteiger charge is -2.15. The average Bonchev–Trinajstić information content (AvgIpc) is 3.72. The molecule has 0 bridgehead atoms. The molecule has 0 spiro atoms. The highest BCUT2D eigenvalue weighted by Crippen LogP contribution is 2.35. The molecule has 1 aliphatic heterocycles. The van der Waals surface area contributed by atoms with Crippen LogP contribution in [0.2, 0.25) is 0 Å². The number of halogens is 1. The Bertz CT molecular complexity index is 1780. The summed E-state index contributed by atoms with van der Waals surface area (Å²) in [5, 5.41) is 8.49. The first-order valence-corrected chi connectivity index (χ1v) is 13.0. The smallest absolute Gasteiger partial charge is 0.135 e. The third-order valence-electron chi connectivity index (χ3n) is 7.09. The lowest BCUT2D eigenvalue weighted by molar-refractivity contribution is 0.237. The quantitative estimate of drug-likeness (QED) is 0.296. The van der Waals surface area contributed by atoms with Gasteiger partial charge in [0.05, 0.1) is 34.8 Å². The van der Waals surface area contributed by atoms with E-state index in [4.69, 9.17) is 9.72 Å². The number of aromatic nitrogens is 7. The van der Waals surface area contributed by atoms with Crippen molar-refractivity contribution in [2.24, 2.45) is 0 Å². The summed E-state index contributed by atoms with van der Waals surface area (Å²) < 4.78 is 20.6. The summed E-state index contributed by atoms with van der Waals surface area (Å²) in [7, 11) is 0. The molecule has 194 valence electrons. The number of rotatable bonds is 7. The van der Waals surface area contributed by atoms with E-state index in [1.54, 1.807) is 31.0 Å². The van der Waals surface area contributed by atoms with Crippen LogP contribution in [0.25, 0.3) is 55.8 Å². The number of nitrogens with one attached hydrogen (secondary N) is 2. The molecule has 0 radical (unpaired) electrons. The molecule has 0 unspecified atom stereocenters. The minimum Gasteiger partial charge on any atom is -0.492 e. The number of H-pyrrole nitrogens is 2. The van der Waals surface area contributed by atoms with Crippen LogP contribution in [0.1, 0.15) is 12.8 Å². The molecule has 39 heavy (non-hydrogen) atoms. The zero-order chi connectivity index (χ0) is 26.2. The van der Waals surface area contributed by atoms with Crippen molar-refractivity contribution < 1.29 is 9.13 Å². The van der Waals surface area contributed by atoms with E-state index in [1.165, 1.54) is 25.0 Å². The van der Waals surface area contributed by atoms with Gasteiger partial charge >= 0.3 is 0 Å². The Kier molecular flexibility index (Phi) is 5.93. The Morgan fingerprint density at radius 2 is 1.85 bits per heavy atom. The van der Waals surface area contributed by atoms with Crippen molar-refractivity contribution >= 4 is 21.9 Å². The molecule has 0 atom stereocenters. The monoisotopic (exact) mass is 520 g/mol. The molecular formula is C29H25FN8O. The molecule has 1 fully saturated rings. The van der Waals surface area contributed by atoms with Gasteiger partial charge in [-0.05, 0) is 61.8 Å². The van der Waals surface area contributed by atoms with Crippen LogP contribution in [0.15, 0.2) is 67.4 Å². The second-order valence-electron chi connectivity index (χ2n) is 9.66. The molecule has 10 heteroatoms. The number of nitrogens with zero attached hydrogens (tertiary/aromatic N) is 6. The van der Waals surface area contributed by atoms with Gasteiger partial charge in [0.1, 0.15) is 35.1 Å². The minimum atomic E-state index is -0.351. The summed E-state index contributed by atoms with van der Waals surface area (Å²) in [5.74, 6) is 0.159. The van der Waals surface area contributed by atoms with E-state index >= 15 is 0 Å². The third-order valence-corrected chi connectivity index (χ3v) is 7.09. The number of pyridine rings is 2. The van der Waals surface area contributed by atoms with Crippen LogP contribution in [-0.4, -0.2) is 66.3 Å². The van der Waals surface area contributed by atoms with Crippen molar-refractivity contribution in [2.75, 3.05) is 26.2 Å². The molecule has 0 amide bonds. The fraction of sp³-hybridized carbons (Fsp3) is 0.207. The van der Waals surface area contributed by atoms with Crippen LogP contribution in [0.4, 0.5) is 4.39 Å². The number of fused-ring (bicyclic) bond motifs is 2. The number of hydrogen-bond donors (Lipinski definition) is 2. The van der Waals surface area contributed by atoms with Gasteiger partial charge in [-0.1, -0.05) is 0 Å². The summed E-state index contributed by atoms with van der Waals surface area (Å²) in [6.45, 7) is 3.57. The Balaban J connectivity index is 1.23. The topological polar surface area (TPSA) is 108 Å². The molecule has 6 heterocycles. The van der Waals surface area contributed by atoms with Gasteiger partial charge in [-0.2, -0.15) is 5.10 Å². The highest BCUT2D eigenvalue weighted by molar-refractivity contribution is 6.00. The van der Waals surface area contributed by atoms with Crippen molar-refractivity contribution in [1.29, 1.82) is 0 Å². The van der Waals surface area contributed by atoms with Gasteiger partial charge in [0.25, 0.3) is 0 Å². The van der Waals surface area contributed by atoms with Crippen LogP contribution in [0.5, 0.6) is 5.75 Å². The van der Waals surface area contributed by atoms with Gasteiger partial charge in [0.2, 0.25) is 0 Å². The summed E-state index contributed by atoms with van der Waals surface area (Å²) in [5.41, 5.74) is 6.64. The highest BCUT2D eigenvalue weighted by atomic mass is 19.1. The van der Waals surface area contributed by atoms with Gasteiger partial charge in [0, 0.05) is 42.2 Å². The number of likely N-dealkylation sites (tertiary alicyclic amines) is 1. The standard InChI is InChI=1S/C29H25FN8O/c30-19-11-18(12-20(13-19)39-10-9-38-7-1-2-8-38)22-15-32-16-26-21(22)14-25(34-26)29-28-24(36-37-29)4-3-23(35-28)27-17-31-5-6-33-27/h3-6,11-17,34H,1-2,7-10H2,(H,36,37). The van der Waals surface area contributed by atoms with Gasteiger partial charge < -0.3 is 9.72 Å². The average molecular weight is 521 g/mol. The van der Waals surface area contributed by atoms with E-state index in [0.29, 0.717) is 40.5 Å². The molecule has 7 rings (SSSR count). The van der Waals surface area contributed by atoms with Crippen molar-refractivity contribution in [2.45, 2.75) is 12.8 Å². The predicted molar refractivity (Wildman–Crippen MR) is 147 cm³/mol. The van der Waals surface area contributed by atoms with E-state index in [-0.39, 0.29) is 5.82 Å². The first kappa shape index (κ1) is 23.4. The molecule has 2 N–H and O–H groups in total. The van der Waals surface area contributed by atoms with E-state index < -0.39 is 0 Å². The van der Waals surface area contributed by atoms with Crippen molar-refractivity contribution in [3.63, 3.8) is 0 Å². The molecule has 1 aliphatic rings. The molecule has 9 nitrogen and oxygen atoms in total. The fourth-order valence-corrected chi connectivity index (χ4v) is 5.17. The van der Waals surface area contributed by atoms with Crippen molar-refractivity contribution in [1.82, 2.24) is 40.0 Å². The number of hydrogen-bond acceptors (Lipinski definition) is 7. The number of benzene rings is 1. The largest absolute Gasteiger partial charge is 0.492 e. The Morgan fingerprint density at radius 1 is 0.923 bits per heavy atom. The summed E-state index contributed by atoms with van der Waals surface area (Å²) in [6.07, 6.45) is 10.9. The molecule has 0 saturated carbocycles. The van der Waals surface area contributed by atoms with Gasteiger partial charge in [0.15, 0.2) is 0 Å². The van der Waals surface area contributed by atoms with Gasteiger partial charge in [-0.25, -0.2) is 9.37 Å². The molecule has 1 saturated heterocycles. The molecule has 0 aliphatic carbocycles. The Hall–Kier alpha value is -4.70. The fourth-order valence-electron chi connectivity index (χ4n) is 5.17. The maximum Gasteiger partial charge on any atom is 0.135 e. The SMILES string of the molecule is Fc1cc(OCCN2CCCC2)cc(-c2cncc3[nH]c(-c4n[nH]c5ccc(-c6cnccn6)nc45)cc23)c1. The van der Waals surface area contributed by atoms with Crippen molar-refractivity contribution in [3.8, 4) is 39.7 Å². The molecular weight excluding hydrogens is 495 g/mol. The summed E-state index contributed by atoms with van der Waals surface area (Å²) in [4.78, 5) is 23.5. The van der Waals surface area contributed by atoms with Gasteiger partial charge in [-0.3, -0.25) is 25.0 Å². The third kappa shape index (κ3) is 4.59. The first-order chi connectivity index (χ1) is 19.2. The van der Waals surface area contributed by atoms with Crippen molar-refractivity contribution in [3.05, 3.63) is 73.2 Å². The Labute approximate surface area is 223 Å². The zero-order valence-electron chi connectivity index (χ0n) is 21.1. The predicted octanol–water partition coefficient (Wildman–Crippen LogP) is 5.24. The van der Waals surface area contributed by atoms with E-state index in [0.717, 1.165) is 47.3 Å². The first-order valence-electron chi connectivity index (χ1n) is 13.0. The Morgan fingerprint density at radius 3 is 2.72 bits per heavy atom. The molecule has 1 aromatic carbocycles. The molecule has 6 aromatic rings. The van der Waals surface area contributed by atoms with Crippen LogP contribution >= 0.6 is 0 Å². The second kappa shape index (κ2) is 9.88. The van der Waals surface area contributed by atoms with E-state index in [2.05, 4.69) is 35.0 Å². The van der Waals surface area contributed by atoms with E-state index in [1.807, 2.05) is 24.3 Å². The highest BCUT2D eigenvalue weighted by Gasteiger charge is 2.17. The van der Waals surface area contributed by atoms with Crippen LogP contribution < -0.4 is 4.74 Å². The zero-order valence-corrected chi connectivity index (χ0v) is 21.1. The lowest BCUT2D eigenvalue weighted by Crippen LogP contribution is -2.25. The summed E-state index contributed by atoms with van der Waals surface area (Å²) in [6, 6.07) is 10.6. The normalized spacial score (nSPS) is 14.0. The van der Waals surface area contributed by atoms with E-state index in [9.17, 15) is 4.39 Å².